The van der Waals surface area contributed by atoms with E-state index in [-0.39, 0.29) is 24.8 Å². The van der Waals surface area contributed by atoms with Gasteiger partial charge in [-0.25, -0.2) is 0 Å². The van der Waals surface area contributed by atoms with E-state index in [2.05, 4.69) is 35.5 Å². The van der Waals surface area contributed by atoms with Crippen LogP contribution in [0.5, 0.6) is 0 Å². The third kappa shape index (κ3) is 4.43. The molecule has 0 aliphatic carbocycles. The molecule has 0 saturated carbocycles. The molecule has 106 valence electrons. The van der Waals surface area contributed by atoms with Crippen molar-refractivity contribution in [3.63, 3.8) is 0 Å². The lowest BCUT2D eigenvalue weighted by molar-refractivity contribution is 0.387. The van der Waals surface area contributed by atoms with Crippen LogP contribution < -0.4 is 5.32 Å². The molecule has 1 saturated heterocycles. The molecule has 1 aliphatic heterocycles. The van der Waals surface area contributed by atoms with Gasteiger partial charge < -0.3 is 10.2 Å². The van der Waals surface area contributed by atoms with Gasteiger partial charge in [-0.15, -0.1) is 24.8 Å². The summed E-state index contributed by atoms with van der Waals surface area (Å²) in [5.41, 5.74) is 2.58. The maximum Gasteiger partial charge on any atom is 0.0659 e. The SMILES string of the molecule is CN(C)Cc1cc(C2CCNCC2)nn1C.Cl.Cl. The fourth-order valence-electron chi connectivity index (χ4n) is 2.32. The van der Waals surface area contributed by atoms with E-state index in [9.17, 15) is 0 Å². The van der Waals surface area contributed by atoms with Crippen LogP contribution in [-0.2, 0) is 13.6 Å². The summed E-state index contributed by atoms with van der Waals surface area (Å²) < 4.78 is 2.03. The van der Waals surface area contributed by atoms with Crippen LogP contribution >= 0.6 is 24.8 Å². The fraction of sp³-hybridized carbons (Fsp3) is 0.750. The Bertz CT molecular complexity index is 346. The van der Waals surface area contributed by atoms with Crippen LogP contribution in [0.2, 0.25) is 0 Å². The second kappa shape index (κ2) is 8.00. The molecule has 2 rings (SSSR count). The minimum atomic E-state index is 0. The molecule has 1 fully saturated rings. The highest BCUT2D eigenvalue weighted by Gasteiger charge is 2.18. The predicted molar refractivity (Wildman–Crippen MR) is 79.9 cm³/mol. The normalized spacial score (nSPS) is 16.2. The van der Waals surface area contributed by atoms with Gasteiger partial charge in [0.15, 0.2) is 0 Å². The van der Waals surface area contributed by atoms with E-state index >= 15 is 0 Å². The average Bonchev–Trinajstić information content (AvgIpc) is 2.61. The Hall–Kier alpha value is -0.290. The highest BCUT2D eigenvalue weighted by atomic mass is 35.5. The number of piperidine rings is 1. The smallest absolute Gasteiger partial charge is 0.0659 e. The largest absolute Gasteiger partial charge is 0.317 e. The molecule has 4 nitrogen and oxygen atoms in total. The first kappa shape index (κ1) is 17.7. The van der Waals surface area contributed by atoms with Crippen molar-refractivity contribution in [2.75, 3.05) is 27.2 Å². The number of hydrogen-bond donors (Lipinski definition) is 1. The highest BCUT2D eigenvalue weighted by molar-refractivity contribution is 5.85. The van der Waals surface area contributed by atoms with E-state index in [0.29, 0.717) is 5.92 Å². The Balaban J connectivity index is 0.00000144. The number of rotatable bonds is 3. The van der Waals surface area contributed by atoms with Crippen molar-refractivity contribution in [2.45, 2.75) is 25.3 Å². The highest BCUT2D eigenvalue weighted by Crippen LogP contribution is 2.24. The maximum atomic E-state index is 4.65. The second-order valence-electron chi connectivity index (χ2n) is 4.95. The molecule has 0 radical (unpaired) electrons. The van der Waals surface area contributed by atoms with Gasteiger partial charge in [0.05, 0.1) is 11.4 Å². The lowest BCUT2D eigenvalue weighted by Crippen LogP contribution is -2.26. The number of nitrogens with zero attached hydrogens (tertiary/aromatic N) is 3. The minimum absolute atomic E-state index is 0. The Kier molecular flexibility index (Phi) is 7.87. The van der Waals surface area contributed by atoms with Gasteiger partial charge in [0.25, 0.3) is 0 Å². The van der Waals surface area contributed by atoms with Crippen molar-refractivity contribution >= 4 is 24.8 Å². The van der Waals surface area contributed by atoms with Gasteiger partial charge in [0.1, 0.15) is 0 Å². The molecular formula is C12H24Cl2N4. The van der Waals surface area contributed by atoms with Crippen molar-refractivity contribution in [3.8, 4) is 0 Å². The van der Waals surface area contributed by atoms with Gasteiger partial charge >= 0.3 is 0 Å². The predicted octanol–water partition coefficient (Wildman–Crippen LogP) is 1.79. The number of aromatic nitrogens is 2. The summed E-state index contributed by atoms with van der Waals surface area (Å²) in [4.78, 5) is 2.18. The van der Waals surface area contributed by atoms with Crippen molar-refractivity contribution in [1.82, 2.24) is 20.0 Å². The van der Waals surface area contributed by atoms with E-state index in [4.69, 9.17) is 0 Å². The molecule has 0 bridgehead atoms. The fourth-order valence-corrected chi connectivity index (χ4v) is 2.32. The Morgan fingerprint density at radius 2 is 1.94 bits per heavy atom. The Morgan fingerprint density at radius 3 is 2.50 bits per heavy atom. The summed E-state index contributed by atoms with van der Waals surface area (Å²) in [6, 6.07) is 2.27. The molecule has 1 N–H and O–H groups in total. The monoisotopic (exact) mass is 294 g/mol. The summed E-state index contributed by atoms with van der Waals surface area (Å²) in [7, 11) is 6.23. The van der Waals surface area contributed by atoms with E-state index in [1.807, 2.05) is 11.7 Å². The van der Waals surface area contributed by atoms with Gasteiger partial charge in [-0.05, 0) is 46.1 Å². The number of nitrogens with one attached hydrogen (secondary N) is 1. The zero-order valence-electron chi connectivity index (χ0n) is 11.3. The van der Waals surface area contributed by atoms with Gasteiger partial charge in [-0.2, -0.15) is 5.10 Å². The molecule has 1 aromatic heterocycles. The van der Waals surface area contributed by atoms with Crippen LogP contribution in [0, 0.1) is 0 Å². The Morgan fingerprint density at radius 1 is 1.33 bits per heavy atom. The molecule has 2 heterocycles. The quantitative estimate of drug-likeness (QED) is 0.923. The zero-order chi connectivity index (χ0) is 11.5. The molecule has 0 unspecified atom stereocenters. The molecule has 18 heavy (non-hydrogen) atoms. The second-order valence-corrected chi connectivity index (χ2v) is 4.95. The third-order valence-electron chi connectivity index (χ3n) is 3.23. The van der Waals surface area contributed by atoms with Crippen LogP contribution in [0.1, 0.15) is 30.1 Å². The van der Waals surface area contributed by atoms with Crippen LogP contribution in [0.4, 0.5) is 0 Å². The maximum absolute atomic E-state index is 4.65. The first-order valence-corrected chi connectivity index (χ1v) is 6.05. The molecule has 1 aliphatic rings. The summed E-state index contributed by atoms with van der Waals surface area (Å²) in [6.45, 7) is 3.23. The molecule has 0 atom stereocenters. The van der Waals surface area contributed by atoms with Crippen LogP contribution in [0.25, 0.3) is 0 Å². The molecular weight excluding hydrogens is 271 g/mol. The number of halogens is 2. The van der Waals surface area contributed by atoms with Gasteiger partial charge in [-0.1, -0.05) is 0 Å². The van der Waals surface area contributed by atoms with Crippen LogP contribution in [0.3, 0.4) is 0 Å². The molecule has 0 aromatic carbocycles. The van der Waals surface area contributed by atoms with Crippen molar-refractivity contribution in [2.24, 2.45) is 7.05 Å². The summed E-state index contributed by atoms with van der Waals surface area (Å²) >= 11 is 0. The standard InChI is InChI=1S/C12H22N4.2ClH/c1-15(2)9-11-8-12(14-16(11)3)10-4-6-13-7-5-10;;/h8,10,13H,4-7,9H2,1-3H3;2*1H. The molecule has 0 amide bonds. The molecule has 0 spiro atoms. The van der Waals surface area contributed by atoms with Crippen LogP contribution in [-0.4, -0.2) is 41.9 Å². The van der Waals surface area contributed by atoms with Crippen LogP contribution in [0.15, 0.2) is 6.07 Å². The molecule has 1 aromatic rings. The summed E-state index contributed by atoms with van der Waals surface area (Å²) in [5, 5.41) is 8.04. The van der Waals surface area contributed by atoms with E-state index in [0.717, 1.165) is 19.6 Å². The van der Waals surface area contributed by atoms with Crippen molar-refractivity contribution in [3.05, 3.63) is 17.5 Å². The minimum Gasteiger partial charge on any atom is -0.317 e. The number of aryl methyl sites for hydroxylation is 1. The van der Waals surface area contributed by atoms with Gasteiger partial charge in [0, 0.05) is 19.5 Å². The Labute approximate surface area is 122 Å². The topological polar surface area (TPSA) is 33.1 Å². The van der Waals surface area contributed by atoms with Gasteiger partial charge in [-0.3, -0.25) is 4.68 Å². The first-order chi connectivity index (χ1) is 7.66. The molecule has 6 heteroatoms. The number of hydrogen-bond acceptors (Lipinski definition) is 3. The summed E-state index contributed by atoms with van der Waals surface area (Å²) in [5.74, 6) is 0.656. The zero-order valence-corrected chi connectivity index (χ0v) is 13.0. The van der Waals surface area contributed by atoms with Crippen molar-refractivity contribution < 1.29 is 0 Å². The van der Waals surface area contributed by atoms with E-state index < -0.39 is 0 Å². The van der Waals surface area contributed by atoms with E-state index in [1.165, 1.54) is 24.2 Å². The van der Waals surface area contributed by atoms with Crippen molar-refractivity contribution in [1.29, 1.82) is 0 Å². The van der Waals surface area contributed by atoms with E-state index in [1.54, 1.807) is 0 Å². The lowest BCUT2D eigenvalue weighted by Gasteiger charge is -2.20. The third-order valence-corrected chi connectivity index (χ3v) is 3.23. The van der Waals surface area contributed by atoms with Gasteiger partial charge in [0.2, 0.25) is 0 Å². The lowest BCUT2D eigenvalue weighted by atomic mass is 9.94. The first-order valence-electron chi connectivity index (χ1n) is 6.05. The average molecular weight is 295 g/mol. The summed E-state index contributed by atoms with van der Waals surface area (Å²) in [6.07, 6.45) is 2.44.